The van der Waals surface area contributed by atoms with Crippen LogP contribution >= 0.6 is 0 Å². The van der Waals surface area contributed by atoms with Crippen LogP contribution in [0.3, 0.4) is 0 Å². The van der Waals surface area contributed by atoms with Crippen LogP contribution in [-0.4, -0.2) is 15.8 Å². The molecule has 0 saturated carbocycles. The minimum Gasteiger partial charge on any atom is -0.508 e. The maximum absolute atomic E-state index is 9.54. The summed E-state index contributed by atoms with van der Waals surface area (Å²) < 4.78 is 0. The van der Waals surface area contributed by atoms with Gasteiger partial charge in [-0.1, -0.05) is 60.2 Å². The zero-order valence-corrected chi connectivity index (χ0v) is 14.9. The smallest absolute Gasteiger partial charge is 0.115 e. The highest BCUT2D eigenvalue weighted by Crippen LogP contribution is 2.28. The Bertz CT molecular complexity index is 880. The second-order valence-corrected chi connectivity index (χ2v) is 6.84. The maximum atomic E-state index is 9.54. The van der Waals surface area contributed by atoms with E-state index in [4.69, 9.17) is 4.99 Å². The van der Waals surface area contributed by atoms with Crippen molar-refractivity contribution in [3.05, 3.63) is 95.1 Å². The Hall–Kier alpha value is -3.07. The van der Waals surface area contributed by atoms with E-state index in [0.29, 0.717) is 5.75 Å². The molecule has 3 aromatic carbocycles. The molecule has 4 rings (SSSR count). The number of phenolic OH excluding ortho intramolecular Hbond substituents is 1. The molecule has 0 unspecified atom stereocenters. The van der Waals surface area contributed by atoms with Crippen molar-refractivity contribution in [2.45, 2.75) is 26.4 Å². The first kappa shape index (κ1) is 16.4. The van der Waals surface area contributed by atoms with Crippen LogP contribution in [0, 0.1) is 6.92 Å². The molecule has 0 spiro atoms. The number of nitrogens with zero attached hydrogens (tertiary/aromatic N) is 2. The molecule has 0 atom stereocenters. The summed E-state index contributed by atoms with van der Waals surface area (Å²) >= 11 is 0. The van der Waals surface area contributed by atoms with Crippen LogP contribution in [0.2, 0.25) is 0 Å². The number of phenols is 1. The van der Waals surface area contributed by atoms with Gasteiger partial charge in [0, 0.05) is 19.5 Å². The van der Waals surface area contributed by atoms with Crippen LogP contribution in [0.25, 0.3) is 0 Å². The van der Waals surface area contributed by atoms with Gasteiger partial charge in [0.2, 0.25) is 0 Å². The largest absolute Gasteiger partial charge is 0.508 e. The summed E-state index contributed by atoms with van der Waals surface area (Å²) in [6.07, 6.45) is 0.861. The van der Waals surface area contributed by atoms with E-state index >= 15 is 0 Å². The molecule has 0 bridgehead atoms. The van der Waals surface area contributed by atoms with E-state index in [9.17, 15) is 5.11 Å². The molecular formula is C23H22N2O. The molecule has 0 fully saturated rings. The summed E-state index contributed by atoms with van der Waals surface area (Å²) in [6, 6.07) is 24.4. The van der Waals surface area contributed by atoms with Crippen LogP contribution in [0.5, 0.6) is 5.75 Å². The molecule has 3 heteroatoms. The van der Waals surface area contributed by atoms with Gasteiger partial charge >= 0.3 is 0 Å². The SMILES string of the molecule is Cc1ccc(CN(Cc2ccc(O)cc2)C2=Nc3ccccc3C2)cc1. The topological polar surface area (TPSA) is 35.8 Å². The molecule has 0 aliphatic carbocycles. The van der Waals surface area contributed by atoms with Crippen LogP contribution in [0.1, 0.15) is 22.3 Å². The van der Waals surface area contributed by atoms with Gasteiger partial charge in [0.25, 0.3) is 0 Å². The third-order valence-corrected chi connectivity index (χ3v) is 4.76. The van der Waals surface area contributed by atoms with Gasteiger partial charge in [0.15, 0.2) is 0 Å². The van der Waals surface area contributed by atoms with Crippen LogP contribution in [0.4, 0.5) is 5.69 Å². The van der Waals surface area contributed by atoms with E-state index in [2.05, 4.69) is 54.3 Å². The van der Waals surface area contributed by atoms with Gasteiger partial charge in [-0.2, -0.15) is 0 Å². The molecule has 1 heterocycles. The summed E-state index contributed by atoms with van der Waals surface area (Å²) in [7, 11) is 0. The highest BCUT2D eigenvalue weighted by Gasteiger charge is 2.20. The van der Waals surface area contributed by atoms with Crippen LogP contribution < -0.4 is 0 Å². The average Bonchev–Trinajstić information content (AvgIpc) is 3.09. The Morgan fingerprint density at radius 1 is 0.846 bits per heavy atom. The number of aromatic hydroxyl groups is 1. The van der Waals surface area contributed by atoms with E-state index in [-0.39, 0.29) is 0 Å². The molecule has 1 aliphatic heterocycles. The predicted octanol–water partition coefficient (Wildman–Crippen LogP) is 4.99. The number of hydrogen-bond donors (Lipinski definition) is 1. The lowest BCUT2D eigenvalue weighted by Gasteiger charge is -2.25. The molecule has 0 radical (unpaired) electrons. The number of fused-ring (bicyclic) bond motifs is 1. The first-order valence-electron chi connectivity index (χ1n) is 8.91. The summed E-state index contributed by atoms with van der Waals surface area (Å²) in [6.45, 7) is 3.69. The standard InChI is InChI=1S/C23H22N2O/c1-17-6-8-18(9-7-17)15-25(16-19-10-12-21(26)13-11-19)23-14-20-4-2-3-5-22(20)24-23/h2-13,26H,14-16H2,1H3. The Labute approximate surface area is 154 Å². The monoisotopic (exact) mass is 342 g/mol. The molecule has 130 valence electrons. The van der Waals surface area contributed by atoms with Crippen molar-refractivity contribution in [2.75, 3.05) is 0 Å². The molecule has 1 aliphatic rings. The Morgan fingerprint density at radius 3 is 2.12 bits per heavy atom. The van der Waals surface area contributed by atoms with E-state index in [1.807, 2.05) is 18.2 Å². The number of hydrogen-bond acceptors (Lipinski definition) is 3. The summed E-state index contributed by atoms with van der Waals surface area (Å²) in [4.78, 5) is 7.20. The lowest BCUT2D eigenvalue weighted by molar-refractivity contribution is 0.401. The molecule has 0 aromatic heterocycles. The third kappa shape index (κ3) is 3.62. The van der Waals surface area contributed by atoms with Gasteiger partial charge in [0.05, 0.1) is 5.69 Å². The van der Waals surface area contributed by atoms with Gasteiger partial charge in [-0.25, -0.2) is 4.99 Å². The van der Waals surface area contributed by atoms with E-state index in [1.165, 1.54) is 16.7 Å². The van der Waals surface area contributed by atoms with Gasteiger partial charge in [-0.05, 0) is 41.8 Å². The molecule has 0 amide bonds. The van der Waals surface area contributed by atoms with Crippen molar-refractivity contribution in [2.24, 2.45) is 4.99 Å². The minimum absolute atomic E-state index is 0.296. The molecule has 26 heavy (non-hydrogen) atoms. The first-order chi connectivity index (χ1) is 12.7. The Morgan fingerprint density at radius 2 is 1.46 bits per heavy atom. The molecule has 3 aromatic rings. The molecule has 1 N–H and O–H groups in total. The van der Waals surface area contributed by atoms with E-state index in [1.54, 1.807) is 12.1 Å². The zero-order chi connectivity index (χ0) is 17.9. The minimum atomic E-state index is 0.296. The van der Waals surface area contributed by atoms with Crippen molar-refractivity contribution < 1.29 is 5.11 Å². The number of aryl methyl sites for hydroxylation is 1. The zero-order valence-electron chi connectivity index (χ0n) is 14.9. The second-order valence-electron chi connectivity index (χ2n) is 6.84. The summed E-state index contributed by atoms with van der Waals surface area (Å²) in [5, 5.41) is 9.54. The van der Waals surface area contributed by atoms with Crippen molar-refractivity contribution >= 4 is 11.5 Å². The van der Waals surface area contributed by atoms with Gasteiger partial charge < -0.3 is 10.0 Å². The fourth-order valence-electron chi connectivity index (χ4n) is 3.27. The normalized spacial score (nSPS) is 12.6. The first-order valence-corrected chi connectivity index (χ1v) is 8.91. The van der Waals surface area contributed by atoms with E-state index < -0.39 is 0 Å². The Kier molecular flexibility index (Phi) is 4.44. The summed E-state index contributed by atoms with van der Waals surface area (Å²) in [5.41, 5.74) is 6.05. The van der Waals surface area contributed by atoms with Crippen molar-refractivity contribution in [3.8, 4) is 5.75 Å². The van der Waals surface area contributed by atoms with Crippen molar-refractivity contribution in [1.29, 1.82) is 0 Å². The number of aliphatic imine (C=N–C) groups is 1. The molecule has 0 saturated heterocycles. The quantitative estimate of drug-likeness (QED) is 0.725. The van der Waals surface area contributed by atoms with Crippen molar-refractivity contribution in [3.63, 3.8) is 0 Å². The van der Waals surface area contributed by atoms with Crippen LogP contribution in [0.15, 0.2) is 77.8 Å². The second kappa shape index (κ2) is 7.04. The van der Waals surface area contributed by atoms with Gasteiger partial charge in [0.1, 0.15) is 11.6 Å². The third-order valence-electron chi connectivity index (χ3n) is 4.76. The molecule has 3 nitrogen and oxygen atoms in total. The fourth-order valence-corrected chi connectivity index (χ4v) is 3.27. The van der Waals surface area contributed by atoms with Crippen LogP contribution in [-0.2, 0) is 19.5 Å². The lowest BCUT2D eigenvalue weighted by Crippen LogP contribution is -2.30. The van der Waals surface area contributed by atoms with Crippen molar-refractivity contribution in [1.82, 2.24) is 4.90 Å². The van der Waals surface area contributed by atoms with Gasteiger partial charge in [-0.3, -0.25) is 0 Å². The number of para-hydroxylation sites is 1. The highest BCUT2D eigenvalue weighted by atomic mass is 16.3. The highest BCUT2D eigenvalue weighted by molar-refractivity contribution is 5.92. The number of amidine groups is 1. The Balaban J connectivity index is 1.61. The molecular weight excluding hydrogens is 320 g/mol. The number of benzene rings is 3. The number of rotatable bonds is 4. The van der Waals surface area contributed by atoms with E-state index in [0.717, 1.165) is 36.6 Å². The van der Waals surface area contributed by atoms with Gasteiger partial charge in [-0.15, -0.1) is 0 Å². The lowest BCUT2D eigenvalue weighted by atomic mass is 10.1. The predicted molar refractivity (Wildman–Crippen MR) is 106 cm³/mol. The maximum Gasteiger partial charge on any atom is 0.115 e. The average molecular weight is 342 g/mol. The summed E-state index contributed by atoms with van der Waals surface area (Å²) in [5.74, 6) is 1.39. The fraction of sp³-hybridized carbons (Fsp3) is 0.174.